The van der Waals surface area contributed by atoms with E-state index in [1.54, 1.807) is 49.6 Å². The van der Waals surface area contributed by atoms with E-state index in [1.165, 1.54) is 0 Å². The van der Waals surface area contributed by atoms with E-state index in [0.717, 1.165) is 10.6 Å². The topological polar surface area (TPSA) is 50.8 Å². The van der Waals surface area contributed by atoms with E-state index in [2.05, 4.69) is 5.32 Å². The number of nitrogens with one attached hydrogen (secondary N) is 1. The number of carbonyl (C=O) groups excluding carboxylic acids is 1. The van der Waals surface area contributed by atoms with Crippen LogP contribution in [0.3, 0.4) is 0 Å². The van der Waals surface area contributed by atoms with Crippen LogP contribution in [-0.4, -0.2) is 32.1 Å². The summed E-state index contributed by atoms with van der Waals surface area (Å²) in [5.41, 5.74) is 1.34. The summed E-state index contributed by atoms with van der Waals surface area (Å²) in [5, 5.41) is 5.38. The molecule has 0 bridgehead atoms. The van der Waals surface area contributed by atoms with Crippen molar-refractivity contribution in [1.29, 1.82) is 0 Å². The number of thiophene rings is 1. The Morgan fingerprint density at radius 1 is 1.24 bits per heavy atom. The van der Waals surface area contributed by atoms with Crippen molar-refractivity contribution < 1.29 is 14.3 Å². The van der Waals surface area contributed by atoms with Crippen LogP contribution in [0, 0.1) is 0 Å². The molecule has 0 saturated carbocycles. The maximum atomic E-state index is 12.6. The molecule has 1 aromatic carbocycles. The molecule has 1 aromatic heterocycles. The molecule has 0 unspecified atom stereocenters. The average Bonchev–Trinajstić information content (AvgIpc) is 3.03. The molecular formula is C15H16N2O3S. The number of hydrogen-bond donors (Lipinski definition) is 1. The van der Waals surface area contributed by atoms with Gasteiger partial charge in [-0.2, -0.15) is 0 Å². The lowest BCUT2D eigenvalue weighted by Crippen LogP contribution is -2.39. The lowest BCUT2D eigenvalue weighted by molar-refractivity contribution is 0.0737. The first kappa shape index (κ1) is 13.8. The minimum absolute atomic E-state index is 0.0388. The molecular weight excluding hydrogens is 288 g/mol. The number of fused-ring (bicyclic) bond motifs is 1. The SMILES string of the molecule is COc1cc2c(cc1OC)C(=O)N(C)[C@H](c1cccs1)N2. The van der Waals surface area contributed by atoms with E-state index >= 15 is 0 Å². The Kier molecular flexibility index (Phi) is 3.47. The van der Waals surface area contributed by atoms with E-state index in [4.69, 9.17) is 9.47 Å². The fourth-order valence-corrected chi connectivity index (χ4v) is 3.25. The summed E-state index contributed by atoms with van der Waals surface area (Å²) in [6.45, 7) is 0. The molecule has 1 amide bonds. The summed E-state index contributed by atoms with van der Waals surface area (Å²) in [4.78, 5) is 15.4. The molecule has 3 rings (SSSR count). The van der Waals surface area contributed by atoms with Gasteiger partial charge in [-0.15, -0.1) is 11.3 Å². The molecule has 2 aromatic rings. The molecule has 0 spiro atoms. The smallest absolute Gasteiger partial charge is 0.257 e. The Labute approximate surface area is 127 Å². The Hall–Kier alpha value is -2.21. The first-order valence-electron chi connectivity index (χ1n) is 6.49. The van der Waals surface area contributed by atoms with Crippen LogP contribution in [0.2, 0.25) is 0 Å². The van der Waals surface area contributed by atoms with Gasteiger partial charge in [-0.1, -0.05) is 6.07 Å². The molecule has 6 heteroatoms. The van der Waals surface area contributed by atoms with Crippen molar-refractivity contribution >= 4 is 22.9 Å². The van der Waals surface area contributed by atoms with Crippen LogP contribution in [0.5, 0.6) is 11.5 Å². The second kappa shape index (κ2) is 5.29. The number of nitrogens with zero attached hydrogens (tertiary/aromatic N) is 1. The molecule has 0 saturated heterocycles. The van der Waals surface area contributed by atoms with E-state index in [9.17, 15) is 4.79 Å². The summed E-state index contributed by atoms with van der Waals surface area (Å²) in [6.07, 6.45) is -0.164. The largest absolute Gasteiger partial charge is 0.493 e. The van der Waals surface area contributed by atoms with Crippen LogP contribution in [0.15, 0.2) is 29.6 Å². The zero-order valence-electron chi connectivity index (χ0n) is 12.0. The molecule has 1 N–H and O–H groups in total. The van der Waals surface area contributed by atoms with Crippen LogP contribution in [0.25, 0.3) is 0 Å². The van der Waals surface area contributed by atoms with Gasteiger partial charge in [0.05, 0.1) is 25.5 Å². The third-order valence-electron chi connectivity index (χ3n) is 3.57. The number of benzene rings is 1. The minimum Gasteiger partial charge on any atom is -0.493 e. The number of rotatable bonds is 3. The summed E-state index contributed by atoms with van der Waals surface area (Å²) >= 11 is 1.62. The predicted octanol–water partition coefficient (Wildman–Crippen LogP) is 2.96. The van der Waals surface area contributed by atoms with Gasteiger partial charge in [-0.25, -0.2) is 0 Å². The van der Waals surface area contributed by atoms with Crippen molar-refractivity contribution in [3.63, 3.8) is 0 Å². The third kappa shape index (κ3) is 2.21. The molecule has 0 aliphatic carbocycles. The zero-order valence-corrected chi connectivity index (χ0v) is 12.9. The Morgan fingerprint density at radius 2 is 1.95 bits per heavy atom. The van der Waals surface area contributed by atoms with Crippen molar-refractivity contribution in [2.75, 3.05) is 26.6 Å². The highest BCUT2D eigenvalue weighted by molar-refractivity contribution is 7.10. The highest BCUT2D eigenvalue weighted by Gasteiger charge is 2.32. The normalized spacial score (nSPS) is 17.2. The Balaban J connectivity index is 2.07. The van der Waals surface area contributed by atoms with Crippen LogP contribution >= 0.6 is 11.3 Å². The van der Waals surface area contributed by atoms with Crippen molar-refractivity contribution in [2.24, 2.45) is 0 Å². The van der Waals surface area contributed by atoms with Crippen LogP contribution in [0.1, 0.15) is 21.4 Å². The van der Waals surface area contributed by atoms with E-state index in [-0.39, 0.29) is 12.1 Å². The van der Waals surface area contributed by atoms with Crippen LogP contribution in [0.4, 0.5) is 5.69 Å². The van der Waals surface area contributed by atoms with Crippen molar-refractivity contribution in [1.82, 2.24) is 4.90 Å². The van der Waals surface area contributed by atoms with Gasteiger partial charge in [-0.05, 0) is 17.5 Å². The first-order valence-corrected chi connectivity index (χ1v) is 7.36. The highest BCUT2D eigenvalue weighted by atomic mass is 32.1. The quantitative estimate of drug-likeness (QED) is 0.947. The van der Waals surface area contributed by atoms with Gasteiger partial charge in [0.25, 0.3) is 5.91 Å². The molecule has 0 fully saturated rings. The lowest BCUT2D eigenvalue weighted by atomic mass is 10.1. The van der Waals surface area contributed by atoms with Gasteiger partial charge in [0.2, 0.25) is 0 Å². The average molecular weight is 304 g/mol. The van der Waals surface area contributed by atoms with Crippen LogP contribution < -0.4 is 14.8 Å². The predicted molar refractivity (Wildman–Crippen MR) is 82.3 cm³/mol. The van der Waals surface area contributed by atoms with Crippen molar-refractivity contribution in [3.05, 3.63) is 40.1 Å². The zero-order chi connectivity index (χ0) is 15.0. The van der Waals surface area contributed by atoms with Gasteiger partial charge in [0, 0.05) is 18.0 Å². The summed E-state index contributed by atoms with van der Waals surface area (Å²) < 4.78 is 10.6. The number of carbonyl (C=O) groups is 1. The monoisotopic (exact) mass is 304 g/mol. The summed E-state index contributed by atoms with van der Waals surface area (Å²) in [6, 6.07) is 7.51. The maximum Gasteiger partial charge on any atom is 0.257 e. The Morgan fingerprint density at radius 3 is 2.57 bits per heavy atom. The van der Waals surface area contributed by atoms with Gasteiger partial charge < -0.3 is 19.7 Å². The lowest BCUT2D eigenvalue weighted by Gasteiger charge is -2.35. The second-order valence-electron chi connectivity index (χ2n) is 4.73. The maximum absolute atomic E-state index is 12.6. The number of anilines is 1. The van der Waals surface area contributed by atoms with E-state index < -0.39 is 0 Å². The molecule has 0 radical (unpaired) electrons. The Bertz CT molecular complexity index is 670. The van der Waals surface area contributed by atoms with Gasteiger partial charge in [0.15, 0.2) is 11.5 Å². The summed E-state index contributed by atoms with van der Waals surface area (Å²) in [5.74, 6) is 1.11. The molecule has 110 valence electrons. The van der Waals surface area contributed by atoms with Gasteiger partial charge in [-0.3, -0.25) is 4.79 Å². The highest BCUT2D eigenvalue weighted by Crippen LogP contribution is 2.39. The number of amides is 1. The van der Waals surface area contributed by atoms with Gasteiger partial charge in [0.1, 0.15) is 6.17 Å². The number of methoxy groups -OCH3 is 2. The fraction of sp³-hybridized carbons (Fsp3) is 0.267. The molecule has 2 heterocycles. The van der Waals surface area contributed by atoms with E-state index in [0.29, 0.717) is 17.1 Å². The van der Waals surface area contributed by atoms with Crippen LogP contribution in [-0.2, 0) is 0 Å². The minimum atomic E-state index is -0.164. The molecule has 1 aliphatic rings. The van der Waals surface area contributed by atoms with Crippen molar-refractivity contribution in [3.8, 4) is 11.5 Å². The summed E-state index contributed by atoms with van der Waals surface area (Å²) in [7, 11) is 4.93. The molecule has 21 heavy (non-hydrogen) atoms. The number of ether oxygens (including phenoxy) is 2. The second-order valence-corrected chi connectivity index (χ2v) is 5.71. The third-order valence-corrected chi connectivity index (χ3v) is 4.49. The first-order chi connectivity index (χ1) is 10.2. The van der Waals surface area contributed by atoms with Gasteiger partial charge >= 0.3 is 0 Å². The van der Waals surface area contributed by atoms with E-state index in [1.807, 2.05) is 17.5 Å². The fourth-order valence-electron chi connectivity index (χ4n) is 2.44. The van der Waals surface area contributed by atoms with Crippen molar-refractivity contribution in [2.45, 2.75) is 6.17 Å². The number of hydrogen-bond acceptors (Lipinski definition) is 5. The molecule has 1 atom stereocenters. The molecule has 5 nitrogen and oxygen atoms in total. The molecule has 1 aliphatic heterocycles. The standard InChI is InChI=1S/C15H16N2O3S/c1-17-14(13-5-4-6-21-13)16-10-8-12(20-3)11(19-2)7-9(10)15(17)18/h4-8,14,16H,1-3H3/t14-/m1/s1.